The highest BCUT2D eigenvalue weighted by Gasteiger charge is 2.38. The van der Waals surface area contributed by atoms with Crippen molar-refractivity contribution < 1.29 is 4.79 Å². The molecule has 1 nitrogen and oxygen atoms in total. The Hall–Kier alpha value is 0.0200. The van der Waals surface area contributed by atoms with E-state index >= 15 is 0 Å². The third-order valence-electron chi connectivity index (χ3n) is 4.69. The van der Waals surface area contributed by atoms with Crippen molar-refractivity contribution in [2.75, 3.05) is 0 Å². The minimum Gasteiger partial charge on any atom is -0.299 e. The second-order valence-corrected chi connectivity index (χ2v) is 7.47. The first kappa shape index (κ1) is 11.1. The normalized spacial score (nSPS) is 39.9. The molecule has 0 spiro atoms. The highest BCUT2D eigenvalue weighted by Crippen LogP contribution is 2.45. The summed E-state index contributed by atoms with van der Waals surface area (Å²) in [6.07, 6.45) is 11.5. The number of carbonyl (C=O) groups is 1. The van der Waals surface area contributed by atoms with E-state index in [0.717, 1.165) is 10.5 Å². The van der Waals surface area contributed by atoms with E-state index in [9.17, 15) is 4.79 Å². The third-order valence-corrected chi connectivity index (χ3v) is 6.32. The minimum atomic E-state index is 0.444. The van der Waals surface area contributed by atoms with Gasteiger partial charge in [0.15, 0.2) is 0 Å². The van der Waals surface area contributed by atoms with Gasteiger partial charge in [-0.3, -0.25) is 4.79 Å². The Labute approximate surface area is 103 Å². The molecule has 16 heavy (non-hydrogen) atoms. The molecule has 0 amide bonds. The van der Waals surface area contributed by atoms with Crippen molar-refractivity contribution in [3.8, 4) is 0 Å². The molecular formula is C14H22OS. The van der Waals surface area contributed by atoms with Crippen LogP contribution in [0, 0.1) is 11.8 Å². The maximum absolute atomic E-state index is 12.4. The summed E-state index contributed by atoms with van der Waals surface area (Å²) in [4.78, 5) is 12.4. The molecule has 0 aromatic heterocycles. The van der Waals surface area contributed by atoms with Crippen LogP contribution in [0.4, 0.5) is 0 Å². The molecule has 2 heterocycles. The summed E-state index contributed by atoms with van der Waals surface area (Å²) in [6, 6.07) is 0. The lowest BCUT2D eigenvalue weighted by atomic mass is 9.82. The van der Waals surface area contributed by atoms with E-state index in [1.54, 1.807) is 0 Å². The molecule has 0 aromatic rings. The zero-order valence-electron chi connectivity index (χ0n) is 9.99. The Balaban J connectivity index is 1.63. The van der Waals surface area contributed by atoms with Crippen molar-refractivity contribution in [1.82, 2.24) is 0 Å². The maximum Gasteiger partial charge on any atom is 0.139 e. The molecule has 1 aliphatic carbocycles. The maximum atomic E-state index is 12.4. The average molecular weight is 238 g/mol. The van der Waals surface area contributed by atoms with Gasteiger partial charge in [0.2, 0.25) is 0 Å². The molecule has 2 aliphatic heterocycles. The average Bonchev–Trinajstić information content (AvgIpc) is 2.81. The summed E-state index contributed by atoms with van der Waals surface area (Å²) in [5, 5.41) is 1.64. The first-order valence-electron chi connectivity index (χ1n) is 7.02. The largest absolute Gasteiger partial charge is 0.299 e. The summed E-state index contributed by atoms with van der Waals surface area (Å²) in [5.41, 5.74) is 0. The summed E-state index contributed by atoms with van der Waals surface area (Å²) in [5.74, 6) is 1.54. The van der Waals surface area contributed by atoms with Crippen LogP contribution in [-0.2, 0) is 4.79 Å². The predicted octanol–water partition coefficient (Wildman–Crippen LogP) is 3.81. The van der Waals surface area contributed by atoms with Gasteiger partial charge >= 0.3 is 0 Å². The summed E-state index contributed by atoms with van der Waals surface area (Å²) >= 11 is 2.18. The van der Waals surface area contributed by atoms with Gasteiger partial charge in [-0.05, 0) is 38.5 Å². The van der Waals surface area contributed by atoms with Crippen molar-refractivity contribution >= 4 is 17.5 Å². The highest BCUT2D eigenvalue weighted by molar-refractivity contribution is 8.00. The standard InChI is InChI=1S/C14H22OS/c15-14(10-4-1-2-5-10)11-8-12-6-3-7-13(9-11)16-12/h10-13H,1-9H2. The predicted molar refractivity (Wildman–Crippen MR) is 68.7 cm³/mol. The van der Waals surface area contributed by atoms with E-state index in [-0.39, 0.29) is 0 Å². The fraction of sp³-hybridized carbons (Fsp3) is 0.929. The van der Waals surface area contributed by atoms with Gasteiger partial charge in [-0.25, -0.2) is 0 Å². The quantitative estimate of drug-likeness (QED) is 0.727. The second-order valence-electron chi connectivity index (χ2n) is 5.86. The van der Waals surface area contributed by atoms with Crippen LogP contribution in [0.2, 0.25) is 0 Å². The summed E-state index contributed by atoms with van der Waals surface area (Å²) in [7, 11) is 0. The van der Waals surface area contributed by atoms with Gasteiger partial charge in [-0.1, -0.05) is 19.3 Å². The molecule has 2 unspecified atom stereocenters. The number of thioether (sulfide) groups is 1. The minimum absolute atomic E-state index is 0.444. The van der Waals surface area contributed by atoms with Crippen molar-refractivity contribution in [2.24, 2.45) is 11.8 Å². The van der Waals surface area contributed by atoms with E-state index in [1.165, 1.54) is 57.8 Å². The first-order chi connectivity index (χ1) is 7.83. The Morgan fingerprint density at radius 3 is 2.06 bits per heavy atom. The zero-order chi connectivity index (χ0) is 11.0. The number of carbonyl (C=O) groups excluding carboxylic acids is 1. The molecule has 3 fully saturated rings. The molecule has 90 valence electrons. The number of hydrogen-bond acceptors (Lipinski definition) is 2. The van der Waals surface area contributed by atoms with Crippen molar-refractivity contribution in [1.29, 1.82) is 0 Å². The van der Waals surface area contributed by atoms with E-state index in [2.05, 4.69) is 11.8 Å². The number of rotatable bonds is 2. The molecule has 0 aromatic carbocycles. The topological polar surface area (TPSA) is 17.1 Å². The second kappa shape index (κ2) is 4.72. The molecule has 2 saturated heterocycles. The smallest absolute Gasteiger partial charge is 0.139 e. The van der Waals surface area contributed by atoms with E-state index in [0.29, 0.717) is 17.6 Å². The first-order valence-corrected chi connectivity index (χ1v) is 7.96. The lowest BCUT2D eigenvalue weighted by Crippen LogP contribution is -2.35. The number of Topliss-reactive ketones (excluding diaryl/α,β-unsaturated/α-hetero) is 1. The van der Waals surface area contributed by atoms with Gasteiger partial charge in [-0.15, -0.1) is 0 Å². The molecular weight excluding hydrogens is 216 g/mol. The molecule has 2 bridgehead atoms. The SMILES string of the molecule is O=C(C1CCCC1)C1CC2CCCC(C1)S2. The molecule has 3 rings (SSSR count). The molecule has 2 heteroatoms. The lowest BCUT2D eigenvalue weighted by molar-refractivity contribution is -0.127. The fourth-order valence-corrected chi connectivity index (χ4v) is 5.67. The van der Waals surface area contributed by atoms with Crippen LogP contribution in [0.25, 0.3) is 0 Å². The molecule has 0 N–H and O–H groups in total. The van der Waals surface area contributed by atoms with Crippen LogP contribution < -0.4 is 0 Å². The molecule has 1 saturated carbocycles. The van der Waals surface area contributed by atoms with Gasteiger partial charge in [-0.2, -0.15) is 11.8 Å². The number of ketones is 1. The Kier molecular flexibility index (Phi) is 3.28. The monoisotopic (exact) mass is 238 g/mol. The van der Waals surface area contributed by atoms with Crippen LogP contribution >= 0.6 is 11.8 Å². The van der Waals surface area contributed by atoms with E-state index < -0.39 is 0 Å². The van der Waals surface area contributed by atoms with E-state index in [1.807, 2.05) is 0 Å². The van der Waals surface area contributed by atoms with Gasteiger partial charge in [0.05, 0.1) is 0 Å². The van der Waals surface area contributed by atoms with Crippen molar-refractivity contribution in [3.63, 3.8) is 0 Å². The molecule has 3 aliphatic rings. The van der Waals surface area contributed by atoms with Crippen molar-refractivity contribution in [3.05, 3.63) is 0 Å². The molecule has 2 atom stereocenters. The van der Waals surface area contributed by atoms with Crippen LogP contribution in [0.3, 0.4) is 0 Å². The van der Waals surface area contributed by atoms with Crippen LogP contribution in [0.15, 0.2) is 0 Å². The summed E-state index contributed by atoms with van der Waals surface area (Å²) in [6.45, 7) is 0. The zero-order valence-corrected chi connectivity index (χ0v) is 10.8. The Morgan fingerprint density at radius 2 is 1.44 bits per heavy atom. The van der Waals surface area contributed by atoms with Crippen LogP contribution in [0.1, 0.15) is 57.8 Å². The Bertz CT molecular complexity index is 258. The lowest BCUT2D eigenvalue weighted by Gasteiger charge is -2.38. The summed E-state index contributed by atoms with van der Waals surface area (Å²) < 4.78 is 0. The highest BCUT2D eigenvalue weighted by atomic mass is 32.2. The van der Waals surface area contributed by atoms with Crippen LogP contribution in [0.5, 0.6) is 0 Å². The number of hydrogen-bond donors (Lipinski definition) is 0. The van der Waals surface area contributed by atoms with Gasteiger partial charge in [0, 0.05) is 22.3 Å². The Morgan fingerprint density at radius 1 is 0.812 bits per heavy atom. The third kappa shape index (κ3) is 2.18. The van der Waals surface area contributed by atoms with Crippen molar-refractivity contribution in [2.45, 2.75) is 68.3 Å². The van der Waals surface area contributed by atoms with Gasteiger partial charge in [0.1, 0.15) is 5.78 Å². The number of fused-ring (bicyclic) bond motifs is 2. The van der Waals surface area contributed by atoms with Gasteiger partial charge < -0.3 is 0 Å². The fourth-order valence-electron chi connectivity index (χ4n) is 3.84. The van der Waals surface area contributed by atoms with E-state index in [4.69, 9.17) is 0 Å². The van der Waals surface area contributed by atoms with Gasteiger partial charge in [0.25, 0.3) is 0 Å². The van der Waals surface area contributed by atoms with Crippen LogP contribution in [-0.4, -0.2) is 16.3 Å². The molecule has 0 radical (unpaired) electrons.